The second kappa shape index (κ2) is 21.8. The molecule has 1 radical (unpaired) electrons. The molecule has 11 heteroatoms. The first kappa shape index (κ1) is 46.3. The fourth-order valence-electron chi connectivity index (χ4n) is 7.60. The molecule has 0 fully saturated rings. The average Bonchev–Trinajstić information content (AvgIpc) is 3.27. The first-order valence-corrected chi connectivity index (χ1v) is 22.0. The van der Waals surface area contributed by atoms with Crippen molar-refractivity contribution in [1.82, 2.24) is 5.06 Å². The van der Waals surface area contributed by atoms with Gasteiger partial charge in [-0.15, -0.1) is 10.3 Å². The number of hydrogen-bond acceptors (Lipinski definition) is 10. The molecule has 0 aliphatic carbocycles. The number of hydrogen-bond donors (Lipinski definition) is 0. The SMILES string of the molecule is CCCCCCCCCCCCOc1ccc(N=Nc2ccc(C(=O)Oc3ccc4ccc(C(=O)Oc5ccc(C(=O)OC6=CC(C)(C)N([O])C(C)(C)C6)cc5)cc4c3)cc2)cc1. The molecule has 0 amide bonds. The van der Waals surface area contributed by atoms with Crippen molar-refractivity contribution in [2.45, 2.75) is 116 Å². The maximum Gasteiger partial charge on any atom is 0.343 e. The van der Waals surface area contributed by atoms with Crippen LogP contribution in [0.3, 0.4) is 0 Å². The van der Waals surface area contributed by atoms with E-state index in [0.717, 1.165) is 22.6 Å². The standard InChI is InChI=1S/C52H58N3O8/c1-6-7-8-9-10-11-12-13-14-15-32-60-44-30-25-43(26-31-44)54-53-42-23-18-38(19-24-42)48(56)62-46-29-20-37-16-17-40(33-41(37)34-46)50(58)61-45-27-21-39(22-28-45)49(57)63-47-35-51(2,3)55(59)52(4,5)36-47/h16-31,33-35H,6-15,32,36H2,1-5H3. The number of carbonyl (C=O) groups is 3. The molecule has 0 saturated carbocycles. The van der Waals surface area contributed by atoms with Gasteiger partial charge in [0.25, 0.3) is 0 Å². The molecule has 63 heavy (non-hydrogen) atoms. The summed E-state index contributed by atoms with van der Waals surface area (Å²) in [6.07, 6.45) is 14.8. The highest BCUT2D eigenvalue weighted by molar-refractivity contribution is 5.97. The van der Waals surface area contributed by atoms with Crippen molar-refractivity contribution in [2.24, 2.45) is 10.2 Å². The molecule has 6 rings (SSSR count). The quantitative estimate of drug-likeness (QED) is 0.0327. The number of nitrogens with zero attached hydrogens (tertiary/aromatic N) is 3. The van der Waals surface area contributed by atoms with Crippen LogP contribution in [-0.4, -0.2) is 40.7 Å². The van der Waals surface area contributed by atoms with E-state index in [4.69, 9.17) is 18.9 Å². The number of benzene rings is 5. The predicted molar refractivity (Wildman–Crippen MR) is 244 cm³/mol. The molecule has 0 bridgehead atoms. The van der Waals surface area contributed by atoms with Gasteiger partial charge in [0.15, 0.2) is 0 Å². The molecular formula is C52H58N3O8. The molecule has 329 valence electrons. The van der Waals surface area contributed by atoms with Crippen LogP contribution in [0.5, 0.6) is 17.2 Å². The second-order valence-corrected chi connectivity index (χ2v) is 17.2. The Hall–Kier alpha value is -6.17. The molecule has 0 spiro atoms. The van der Waals surface area contributed by atoms with Gasteiger partial charge in [0.1, 0.15) is 23.0 Å². The van der Waals surface area contributed by atoms with Crippen LogP contribution in [0.25, 0.3) is 10.8 Å². The van der Waals surface area contributed by atoms with Crippen LogP contribution >= 0.6 is 0 Å². The van der Waals surface area contributed by atoms with E-state index in [1.165, 1.54) is 82.1 Å². The monoisotopic (exact) mass is 852 g/mol. The lowest BCUT2D eigenvalue weighted by Crippen LogP contribution is -2.54. The Morgan fingerprint density at radius 2 is 1.02 bits per heavy atom. The van der Waals surface area contributed by atoms with Crippen molar-refractivity contribution < 1.29 is 38.5 Å². The Labute approximate surface area is 370 Å². The van der Waals surface area contributed by atoms with E-state index in [1.807, 2.05) is 38.1 Å². The zero-order valence-electron chi connectivity index (χ0n) is 37.1. The van der Waals surface area contributed by atoms with Gasteiger partial charge in [0.2, 0.25) is 0 Å². The van der Waals surface area contributed by atoms with E-state index in [9.17, 15) is 19.6 Å². The summed E-state index contributed by atoms with van der Waals surface area (Å²) in [7, 11) is 0. The van der Waals surface area contributed by atoms with Gasteiger partial charge in [-0.05, 0) is 148 Å². The van der Waals surface area contributed by atoms with Crippen LogP contribution in [-0.2, 0) is 9.94 Å². The molecule has 1 aliphatic rings. The Balaban J connectivity index is 0.952. The molecule has 1 aliphatic heterocycles. The largest absolute Gasteiger partial charge is 0.494 e. The molecule has 5 aromatic rings. The van der Waals surface area contributed by atoms with E-state index >= 15 is 0 Å². The maximum absolute atomic E-state index is 13.1. The lowest BCUT2D eigenvalue weighted by molar-refractivity contribution is -0.265. The highest BCUT2D eigenvalue weighted by atomic mass is 16.5. The highest BCUT2D eigenvalue weighted by Crippen LogP contribution is 2.37. The van der Waals surface area contributed by atoms with Gasteiger partial charge in [0.05, 0.1) is 45.7 Å². The summed E-state index contributed by atoms with van der Waals surface area (Å²) in [6.45, 7) is 10.1. The van der Waals surface area contributed by atoms with Gasteiger partial charge in [-0.25, -0.2) is 14.4 Å². The topological polar surface area (TPSA) is 136 Å². The smallest absolute Gasteiger partial charge is 0.343 e. The summed E-state index contributed by atoms with van der Waals surface area (Å²) in [5, 5.41) is 23.8. The van der Waals surface area contributed by atoms with Gasteiger partial charge in [-0.1, -0.05) is 76.8 Å². The summed E-state index contributed by atoms with van der Waals surface area (Å²) in [5.74, 6) is 0.0540. The fourth-order valence-corrected chi connectivity index (χ4v) is 7.60. The summed E-state index contributed by atoms with van der Waals surface area (Å²) in [6, 6.07) is 30.5. The summed E-state index contributed by atoms with van der Waals surface area (Å²) in [4.78, 5) is 39.1. The minimum absolute atomic E-state index is 0.238. The average molecular weight is 853 g/mol. The Morgan fingerprint density at radius 3 is 1.63 bits per heavy atom. The molecule has 1 heterocycles. The van der Waals surface area contributed by atoms with Crippen molar-refractivity contribution >= 4 is 40.1 Å². The molecule has 0 atom stereocenters. The van der Waals surface area contributed by atoms with Crippen molar-refractivity contribution in [3.63, 3.8) is 0 Å². The van der Waals surface area contributed by atoms with Crippen LogP contribution in [0.1, 0.15) is 136 Å². The number of carbonyl (C=O) groups excluding carboxylic acids is 3. The van der Waals surface area contributed by atoms with Crippen molar-refractivity contribution in [3.05, 3.63) is 138 Å². The number of ether oxygens (including phenoxy) is 4. The number of hydroxylamine groups is 2. The van der Waals surface area contributed by atoms with Crippen LogP contribution < -0.4 is 14.2 Å². The third-order valence-electron chi connectivity index (χ3n) is 11.0. The highest BCUT2D eigenvalue weighted by Gasteiger charge is 2.43. The predicted octanol–water partition coefficient (Wildman–Crippen LogP) is 13.6. The molecule has 0 unspecified atom stereocenters. The first-order chi connectivity index (χ1) is 30.3. The summed E-state index contributed by atoms with van der Waals surface area (Å²) >= 11 is 0. The van der Waals surface area contributed by atoms with Crippen molar-refractivity contribution in [2.75, 3.05) is 6.61 Å². The van der Waals surface area contributed by atoms with E-state index in [1.54, 1.807) is 80.6 Å². The summed E-state index contributed by atoms with van der Waals surface area (Å²) < 4.78 is 22.8. The van der Waals surface area contributed by atoms with Crippen LogP contribution in [0.2, 0.25) is 0 Å². The summed E-state index contributed by atoms with van der Waals surface area (Å²) in [5.41, 5.74) is 0.588. The van der Waals surface area contributed by atoms with Crippen molar-refractivity contribution in [3.8, 4) is 17.2 Å². The van der Waals surface area contributed by atoms with Gasteiger partial charge in [-0.2, -0.15) is 10.2 Å². The third-order valence-corrected chi connectivity index (χ3v) is 11.0. The third kappa shape index (κ3) is 13.4. The number of unbranched alkanes of at least 4 members (excludes halogenated alkanes) is 9. The number of fused-ring (bicyclic) bond motifs is 1. The normalized spacial score (nSPS) is 14.6. The molecule has 0 N–H and O–H groups in total. The van der Waals surface area contributed by atoms with E-state index < -0.39 is 29.0 Å². The van der Waals surface area contributed by atoms with Gasteiger partial charge < -0.3 is 18.9 Å². The molecule has 11 nitrogen and oxygen atoms in total. The van der Waals surface area contributed by atoms with Gasteiger partial charge in [0, 0.05) is 6.42 Å². The van der Waals surface area contributed by atoms with Crippen molar-refractivity contribution in [1.29, 1.82) is 0 Å². The zero-order chi connectivity index (χ0) is 44.8. The Bertz CT molecular complexity index is 2390. The fraction of sp³-hybridized carbons (Fsp3) is 0.365. The van der Waals surface area contributed by atoms with Crippen LogP contribution in [0, 0.1) is 0 Å². The Kier molecular flexibility index (Phi) is 16.0. The molecular weight excluding hydrogens is 795 g/mol. The molecule has 5 aromatic carbocycles. The molecule has 0 saturated heterocycles. The minimum atomic E-state index is -0.830. The first-order valence-electron chi connectivity index (χ1n) is 22.0. The van der Waals surface area contributed by atoms with E-state index in [2.05, 4.69) is 17.2 Å². The van der Waals surface area contributed by atoms with E-state index in [0.29, 0.717) is 40.4 Å². The second-order valence-electron chi connectivity index (χ2n) is 17.2. The van der Waals surface area contributed by atoms with Crippen LogP contribution in [0.15, 0.2) is 131 Å². The maximum atomic E-state index is 13.1. The number of esters is 3. The van der Waals surface area contributed by atoms with E-state index in [-0.39, 0.29) is 23.3 Å². The number of rotatable bonds is 20. The molecule has 0 aromatic heterocycles. The zero-order valence-corrected chi connectivity index (χ0v) is 37.1. The Morgan fingerprint density at radius 1 is 0.540 bits per heavy atom. The van der Waals surface area contributed by atoms with Gasteiger partial charge in [-0.3, -0.25) is 0 Å². The van der Waals surface area contributed by atoms with Gasteiger partial charge >= 0.3 is 17.9 Å². The lowest BCUT2D eigenvalue weighted by Gasteiger charge is -2.44. The minimum Gasteiger partial charge on any atom is -0.494 e. The number of azo groups is 1. The lowest BCUT2D eigenvalue weighted by atomic mass is 9.86. The van der Waals surface area contributed by atoms with Crippen LogP contribution in [0.4, 0.5) is 11.4 Å².